The fraction of sp³-hybridized carbons (Fsp3) is 0.667. The van der Waals surface area contributed by atoms with Crippen LogP contribution in [0.4, 0.5) is 0 Å². The molecule has 4 heteroatoms. The molecule has 90 valence electrons. The van der Waals surface area contributed by atoms with Gasteiger partial charge in [-0.2, -0.15) is 0 Å². The molecule has 0 aromatic carbocycles. The van der Waals surface area contributed by atoms with Gasteiger partial charge in [-0.05, 0) is 19.4 Å². The average molecular weight is 223 g/mol. The van der Waals surface area contributed by atoms with Crippen LogP contribution >= 0.6 is 0 Å². The number of hydrogen-bond acceptors (Lipinski definition) is 4. The van der Waals surface area contributed by atoms with Crippen molar-refractivity contribution in [2.75, 3.05) is 20.3 Å². The maximum Gasteiger partial charge on any atom is 0.128 e. The first-order valence-electron chi connectivity index (χ1n) is 5.79. The average Bonchev–Trinajstić information content (AvgIpc) is 2.24. The minimum atomic E-state index is 0.728. The Morgan fingerprint density at radius 1 is 1.38 bits per heavy atom. The number of rotatable bonds is 7. The van der Waals surface area contributed by atoms with Crippen LogP contribution in [0.1, 0.15) is 30.6 Å². The van der Waals surface area contributed by atoms with Crippen LogP contribution in [0.25, 0.3) is 0 Å². The summed E-state index contributed by atoms with van der Waals surface area (Å²) in [4.78, 5) is 8.91. The largest absolute Gasteiger partial charge is 0.383 e. The van der Waals surface area contributed by atoms with Crippen LogP contribution in [0.3, 0.4) is 0 Å². The summed E-state index contributed by atoms with van der Waals surface area (Å²) >= 11 is 0. The van der Waals surface area contributed by atoms with Gasteiger partial charge in [-0.1, -0.05) is 6.92 Å². The molecule has 1 heterocycles. The van der Waals surface area contributed by atoms with Crippen molar-refractivity contribution in [3.63, 3.8) is 0 Å². The topological polar surface area (TPSA) is 47.0 Å². The van der Waals surface area contributed by atoms with E-state index < -0.39 is 0 Å². The highest BCUT2D eigenvalue weighted by atomic mass is 16.5. The van der Waals surface area contributed by atoms with Gasteiger partial charge in [-0.25, -0.2) is 9.97 Å². The maximum absolute atomic E-state index is 4.97. The quantitative estimate of drug-likeness (QED) is 0.711. The summed E-state index contributed by atoms with van der Waals surface area (Å²) in [5.74, 6) is 0.950. The Kier molecular flexibility index (Phi) is 5.96. The molecule has 1 aromatic heterocycles. The SMILES string of the molecule is CCCc1nc(C)cc(CNCCOC)n1. The molecule has 0 radical (unpaired) electrons. The highest BCUT2D eigenvalue weighted by Crippen LogP contribution is 2.02. The number of aromatic nitrogens is 2. The van der Waals surface area contributed by atoms with Crippen molar-refractivity contribution in [1.29, 1.82) is 0 Å². The third kappa shape index (κ3) is 4.68. The van der Waals surface area contributed by atoms with Crippen molar-refractivity contribution in [2.24, 2.45) is 0 Å². The van der Waals surface area contributed by atoms with E-state index in [1.165, 1.54) is 0 Å². The van der Waals surface area contributed by atoms with Crippen LogP contribution in [0.15, 0.2) is 6.07 Å². The van der Waals surface area contributed by atoms with Gasteiger partial charge in [0.25, 0.3) is 0 Å². The summed E-state index contributed by atoms with van der Waals surface area (Å²) in [6, 6.07) is 2.03. The number of hydrogen-bond donors (Lipinski definition) is 1. The van der Waals surface area contributed by atoms with Crippen LogP contribution in [-0.4, -0.2) is 30.2 Å². The van der Waals surface area contributed by atoms with E-state index in [1.807, 2.05) is 13.0 Å². The van der Waals surface area contributed by atoms with Gasteiger partial charge in [-0.15, -0.1) is 0 Å². The zero-order valence-corrected chi connectivity index (χ0v) is 10.4. The van der Waals surface area contributed by atoms with Crippen LogP contribution < -0.4 is 5.32 Å². The Labute approximate surface area is 97.5 Å². The zero-order valence-electron chi connectivity index (χ0n) is 10.4. The second-order valence-corrected chi connectivity index (χ2v) is 3.84. The lowest BCUT2D eigenvalue weighted by Crippen LogP contribution is -2.19. The summed E-state index contributed by atoms with van der Waals surface area (Å²) < 4.78 is 4.97. The Bertz CT molecular complexity index is 315. The fourth-order valence-electron chi connectivity index (χ4n) is 1.52. The van der Waals surface area contributed by atoms with E-state index in [9.17, 15) is 0 Å². The van der Waals surface area contributed by atoms with E-state index in [0.717, 1.165) is 49.8 Å². The molecule has 4 nitrogen and oxygen atoms in total. The van der Waals surface area contributed by atoms with E-state index in [2.05, 4.69) is 22.2 Å². The van der Waals surface area contributed by atoms with Crippen molar-refractivity contribution in [3.05, 3.63) is 23.3 Å². The highest BCUT2D eigenvalue weighted by molar-refractivity contribution is 5.10. The molecule has 0 aliphatic carbocycles. The third-order valence-electron chi connectivity index (χ3n) is 2.22. The molecule has 1 aromatic rings. The van der Waals surface area contributed by atoms with Crippen molar-refractivity contribution >= 4 is 0 Å². The van der Waals surface area contributed by atoms with Gasteiger partial charge < -0.3 is 10.1 Å². The molecule has 1 N–H and O–H groups in total. The number of aryl methyl sites for hydroxylation is 2. The van der Waals surface area contributed by atoms with Gasteiger partial charge in [0.15, 0.2) is 0 Å². The summed E-state index contributed by atoms with van der Waals surface area (Å²) in [5.41, 5.74) is 2.11. The van der Waals surface area contributed by atoms with E-state index in [0.29, 0.717) is 0 Å². The molecular formula is C12H21N3O. The van der Waals surface area contributed by atoms with Gasteiger partial charge in [0, 0.05) is 32.3 Å². The molecule has 0 bridgehead atoms. The molecule has 0 aliphatic rings. The first-order valence-corrected chi connectivity index (χ1v) is 5.79. The van der Waals surface area contributed by atoms with Crippen LogP contribution in [0.5, 0.6) is 0 Å². The molecule has 0 amide bonds. The molecule has 0 atom stereocenters. The van der Waals surface area contributed by atoms with Crippen molar-refractivity contribution in [3.8, 4) is 0 Å². The zero-order chi connectivity index (χ0) is 11.8. The molecule has 1 rings (SSSR count). The standard InChI is InChI=1S/C12H21N3O/c1-4-5-12-14-10(2)8-11(15-12)9-13-6-7-16-3/h8,13H,4-7,9H2,1-3H3. The highest BCUT2D eigenvalue weighted by Gasteiger charge is 2.01. The minimum Gasteiger partial charge on any atom is -0.383 e. The summed E-state index contributed by atoms with van der Waals surface area (Å²) in [5, 5.41) is 3.28. The maximum atomic E-state index is 4.97. The van der Waals surface area contributed by atoms with Crippen molar-refractivity contribution < 1.29 is 4.74 Å². The van der Waals surface area contributed by atoms with Gasteiger partial charge in [-0.3, -0.25) is 0 Å². The van der Waals surface area contributed by atoms with E-state index in [4.69, 9.17) is 4.74 Å². The Hall–Kier alpha value is -1.00. The molecular weight excluding hydrogens is 202 g/mol. The lowest BCUT2D eigenvalue weighted by molar-refractivity contribution is 0.199. The minimum absolute atomic E-state index is 0.728. The lowest BCUT2D eigenvalue weighted by Gasteiger charge is -2.06. The predicted octanol–water partition coefficient (Wildman–Crippen LogP) is 1.47. The van der Waals surface area contributed by atoms with Crippen LogP contribution in [0.2, 0.25) is 0 Å². The lowest BCUT2D eigenvalue weighted by atomic mass is 10.2. The second kappa shape index (κ2) is 7.30. The Balaban J connectivity index is 2.51. The molecule has 0 fully saturated rings. The first kappa shape index (κ1) is 13.1. The molecule has 0 aliphatic heterocycles. The van der Waals surface area contributed by atoms with Gasteiger partial charge in [0.05, 0.1) is 12.3 Å². The molecule has 16 heavy (non-hydrogen) atoms. The second-order valence-electron chi connectivity index (χ2n) is 3.84. The summed E-state index contributed by atoms with van der Waals surface area (Å²) in [6.07, 6.45) is 2.03. The smallest absolute Gasteiger partial charge is 0.128 e. The van der Waals surface area contributed by atoms with E-state index in [1.54, 1.807) is 7.11 Å². The van der Waals surface area contributed by atoms with Gasteiger partial charge in [0.2, 0.25) is 0 Å². The Morgan fingerprint density at radius 3 is 2.88 bits per heavy atom. The van der Waals surface area contributed by atoms with Crippen LogP contribution in [-0.2, 0) is 17.7 Å². The number of nitrogens with zero attached hydrogens (tertiary/aromatic N) is 2. The monoisotopic (exact) mass is 223 g/mol. The number of methoxy groups -OCH3 is 1. The summed E-state index contributed by atoms with van der Waals surface area (Å²) in [7, 11) is 1.70. The van der Waals surface area contributed by atoms with Gasteiger partial charge >= 0.3 is 0 Å². The van der Waals surface area contributed by atoms with Crippen molar-refractivity contribution in [2.45, 2.75) is 33.2 Å². The van der Waals surface area contributed by atoms with Crippen molar-refractivity contribution in [1.82, 2.24) is 15.3 Å². The summed E-state index contributed by atoms with van der Waals surface area (Å²) in [6.45, 7) is 6.51. The normalized spacial score (nSPS) is 10.7. The molecule has 0 spiro atoms. The van der Waals surface area contributed by atoms with E-state index in [-0.39, 0.29) is 0 Å². The van der Waals surface area contributed by atoms with Crippen LogP contribution in [0, 0.1) is 6.92 Å². The number of nitrogens with one attached hydrogen (secondary N) is 1. The predicted molar refractivity (Wildman–Crippen MR) is 64.3 cm³/mol. The molecule has 0 saturated carbocycles. The molecule has 0 saturated heterocycles. The van der Waals surface area contributed by atoms with Gasteiger partial charge in [0.1, 0.15) is 5.82 Å². The third-order valence-corrected chi connectivity index (χ3v) is 2.22. The van der Waals surface area contributed by atoms with E-state index >= 15 is 0 Å². The Morgan fingerprint density at radius 2 is 2.19 bits per heavy atom. The number of ether oxygens (including phenoxy) is 1. The first-order chi connectivity index (χ1) is 7.76. The molecule has 0 unspecified atom stereocenters. The fourth-order valence-corrected chi connectivity index (χ4v) is 1.52.